The van der Waals surface area contributed by atoms with Crippen molar-refractivity contribution in [2.45, 2.75) is 6.92 Å². The Hall–Kier alpha value is -1.90. The molecule has 0 atom stereocenters. The second kappa shape index (κ2) is 4.09. The maximum atomic E-state index is 12.8. The van der Waals surface area contributed by atoms with Gasteiger partial charge in [-0.05, 0) is 42.8 Å². The lowest BCUT2D eigenvalue weighted by Gasteiger charge is -2.07. The Morgan fingerprint density at radius 2 is 2.13 bits per heavy atom. The standard InChI is InChI=1S/C12H10FNO/c1-9-7-10(13)4-5-12(9)15-11-3-2-6-14-8-11/h2-8H,1H3. The molecule has 2 aromatic rings. The molecule has 1 aromatic heterocycles. The maximum Gasteiger partial charge on any atom is 0.145 e. The van der Waals surface area contributed by atoms with E-state index in [2.05, 4.69) is 4.98 Å². The second-order valence-electron chi connectivity index (χ2n) is 3.20. The molecule has 0 amide bonds. The average molecular weight is 203 g/mol. The van der Waals surface area contributed by atoms with Crippen molar-refractivity contribution in [3.8, 4) is 11.5 Å². The molecule has 0 unspecified atom stereocenters. The number of halogens is 1. The summed E-state index contributed by atoms with van der Waals surface area (Å²) in [6.45, 7) is 1.80. The minimum Gasteiger partial charge on any atom is -0.455 e. The molecule has 0 fully saturated rings. The topological polar surface area (TPSA) is 22.1 Å². The van der Waals surface area contributed by atoms with Crippen LogP contribution in [0.1, 0.15) is 5.56 Å². The van der Waals surface area contributed by atoms with E-state index in [4.69, 9.17) is 4.74 Å². The Morgan fingerprint density at radius 3 is 2.80 bits per heavy atom. The number of pyridine rings is 1. The molecule has 2 rings (SSSR count). The van der Waals surface area contributed by atoms with Gasteiger partial charge in [0.25, 0.3) is 0 Å². The van der Waals surface area contributed by atoms with Gasteiger partial charge in [0.05, 0.1) is 6.20 Å². The van der Waals surface area contributed by atoms with Crippen molar-refractivity contribution in [3.05, 3.63) is 54.1 Å². The van der Waals surface area contributed by atoms with Crippen molar-refractivity contribution >= 4 is 0 Å². The quantitative estimate of drug-likeness (QED) is 0.746. The highest BCUT2D eigenvalue weighted by atomic mass is 19.1. The summed E-state index contributed by atoms with van der Waals surface area (Å²) >= 11 is 0. The van der Waals surface area contributed by atoms with Gasteiger partial charge in [0, 0.05) is 6.20 Å². The van der Waals surface area contributed by atoms with Gasteiger partial charge in [-0.15, -0.1) is 0 Å². The summed E-state index contributed by atoms with van der Waals surface area (Å²) in [4.78, 5) is 3.93. The molecular weight excluding hydrogens is 193 g/mol. The zero-order valence-electron chi connectivity index (χ0n) is 8.27. The lowest BCUT2D eigenvalue weighted by molar-refractivity contribution is 0.474. The molecule has 1 aromatic carbocycles. The molecule has 0 radical (unpaired) electrons. The smallest absolute Gasteiger partial charge is 0.145 e. The number of nitrogens with zero attached hydrogens (tertiary/aromatic N) is 1. The Labute approximate surface area is 87.4 Å². The van der Waals surface area contributed by atoms with Crippen LogP contribution in [0.5, 0.6) is 11.5 Å². The highest BCUT2D eigenvalue weighted by molar-refractivity contribution is 5.36. The molecule has 3 heteroatoms. The van der Waals surface area contributed by atoms with E-state index < -0.39 is 0 Å². The minimum absolute atomic E-state index is 0.258. The Morgan fingerprint density at radius 1 is 1.27 bits per heavy atom. The molecule has 0 saturated heterocycles. The van der Waals surface area contributed by atoms with Gasteiger partial charge < -0.3 is 4.74 Å². The van der Waals surface area contributed by atoms with E-state index in [0.717, 1.165) is 5.56 Å². The van der Waals surface area contributed by atoms with E-state index in [1.165, 1.54) is 12.1 Å². The maximum absolute atomic E-state index is 12.8. The van der Waals surface area contributed by atoms with Crippen LogP contribution in [0.15, 0.2) is 42.7 Å². The van der Waals surface area contributed by atoms with Gasteiger partial charge in [0.15, 0.2) is 0 Å². The van der Waals surface area contributed by atoms with Crippen LogP contribution in [0, 0.1) is 12.7 Å². The molecule has 0 bridgehead atoms. The van der Waals surface area contributed by atoms with Gasteiger partial charge in [-0.25, -0.2) is 4.39 Å². The van der Waals surface area contributed by atoms with Gasteiger partial charge in [-0.3, -0.25) is 4.98 Å². The summed E-state index contributed by atoms with van der Waals surface area (Å²) in [7, 11) is 0. The van der Waals surface area contributed by atoms with Gasteiger partial charge in [-0.1, -0.05) is 0 Å². The normalized spacial score (nSPS) is 10.0. The molecule has 0 aliphatic heterocycles. The van der Waals surface area contributed by atoms with Gasteiger partial charge in [0.1, 0.15) is 17.3 Å². The number of hydrogen-bond donors (Lipinski definition) is 0. The molecule has 0 saturated carbocycles. The van der Waals surface area contributed by atoms with E-state index in [1.54, 1.807) is 37.5 Å². The van der Waals surface area contributed by atoms with E-state index >= 15 is 0 Å². The molecule has 0 spiro atoms. The van der Waals surface area contributed by atoms with Crippen LogP contribution in [0.4, 0.5) is 4.39 Å². The predicted molar refractivity (Wildman–Crippen MR) is 55.4 cm³/mol. The first-order valence-electron chi connectivity index (χ1n) is 4.60. The average Bonchev–Trinajstić information content (AvgIpc) is 2.24. The van der Waals surface area contributed by atoms with E-state index in [9.17, 15) is 4.39 Å². The van der Waals surface area contributed by atoms with Crippen LogP contribution >= 0.6 is 0 Å². The molecule has 76 valence electrons. The zero-order valence-corrected chi connectivity index (χ0v) is 8.27. The summed E-state index contributed by atoms with van der Waals surface area (Å²) in [6, 6.07) is 8.01. The highest BCUT2D eigenvalue weighted by Gasteiger charge is 2.02. The fourth-order valence-corrected chi connectivity index (χ4v) is 1.26. The van der Waals surface area contributed by atoms with Crippen LogP contribution in [-0.2, 0) is 0 Å². The summed E-state index contributed by atoms with van der Waals surface area (Å²) < 4.78 is 18.4. The van der Waals surface area contributed by atoms with Crippen LogP contribution in [-0.4, -0.2) is 4.98 Å². The zero-order chi connectivity index (χ0) is 10.7. The van der Waals surface area contributed by atoms with E-state index in [0.29, 0.717) is 11.5 Å². The van der Waals surface area contributed by atoms with Crippen molar-refractivity contribution < 1.29 is 9.13 Å². The fraction of sp³-hybridized carbons (Fsp3) is 0.0833. The summed E-state index contributed by atoms with van der Waals surface area (Å²) in [5.74, 6) is 1.03. The van der Waals surface area contributed by atoms with E-state index in [-0.39, 0.29) is 5.82 Å². The fourth-order valence-electron chi connectivity index (χ4n) is 1.26. The summed E-state index contributed by atoms with van der Waals surface area (Å²) in [5, 5.41) is 0. The number of hydrogen-bond acceptors (Lipinski definition) is 2. The Bertz CT molecular complexity index is 456. The van der Waals surface area contributed by atoms with Gasteiger partial charge >= 0.3 is 0 Å². The molecule has 15 heavy (non-hydrogen) atoms. The van der Waals surface area contributed by atoms with Crippen molar-refractivity contribution in [2.75, 3.05) is 0 Å². The molecule has 2 nitrogen and oxygen atoms in total. The Kier molecular flexibility index (Phi) is 2.63. The molecule has 1 heterocycles. The van der Waals surface area contributed by atoms with Crippen molar-refractivity contribution in [3.63, 3.8) is 0 Å². The van der Waals surface area contributed by atoms with Gasteiger partial charge in [0.2, 0.25) is 0 Å². The number of benzene rings is 1. The number of ether oxygens (including phenoxy) is 1. The molecule has 0 aliphatic carbocycles. The van der Waals surface area contributed by atoms with Crippen LogP contribution in [0.3, 0.4) is 0 Å². The third-order valence-electron chi connectivity index (χ3n) is 2.00. The van der Waals surface area contributed by atoms with Gasteiger partial charge in [-0.2, -0.15) is 0 Å². The molecule has 0 aliphatic rings. The largest absolute Gasteiger partial charge is 0.455 e. The number of aromatic nitrogens is 1. The first-order valence-corrected chi connectivity index (χ1v) is 4.60. The second-order valence-corrected chi connectivity index (χ2v) is 3.20. The van der Waals surface area contributed by atoms with Crippen LogP contribution in [0.2, 0.25) is 0 Å². The third kappa shape index (κ3) is 2.31. The first kappa shape index (κ1) is 9.65. The number of rotatable bonds is 2. The summed E-state index contributed by atoms with van der Waals surface area (Å²) in [5.41, 5.74) is 0.763. The van der Waals surface area contributed by atoms with E-state index in [1.807, 2.05) is 0 Å². The monoisotopic (exact) mass is 203 g/mol. The first-order chi connectivity index (χ1) is 7.25. The lowest BCUT2D eigenvalue weighted by atomic mass is 10.2. The van der Waals surface area contributed by atoms with Crippen molar-refractivity contribution in [1.29, 1.82) is 0 Å². The molecular formula is C12H10FNO. The van der Waals surface area contributed by atoms with Crippen LogP contribution < -0.4 is 4.74 Å². The van der Waals surface area contributed by atoms with Crippen molar-refractivity contribution in [1.82, 2.24) is 4.98 Å². The van der Waals surface area contributed by atoms with Crippen molar-refractivity contribution in [2.24, 2.45) is 0 Å². The third-order valence-corrected chi connectivity index (χ3v) is 2.00. The predicted octanol–water partition coefficient (Wildman–Crippen LogP) is 3.32. The van der Waals surface area contributed by atoms with Crippen LogP contribution in [0.25, 0.3) is 0 Å². The molecule has 0 N–H and O–H groups in total. The SMILES string of the molecule is Cc1cc(F)ccc1Oc1cccnc1. The number of aryl methyl sites for hydroxylation is 1. The summed E-state index contributed by atoms with van der Waals surface area (Å²) in [6.07, 6.45) is 3.28. The highest BCUT2D eigenvalue weighted by Crippen LogP contribution is 2.24. The Balaban J connectivity index is 2.25. The lowest BCUT2D eigenvalue weighted by Crippen LogP contribution is -1.88. The minimum atomic E-state index is -0.258.